The number of fused-ring (bicyclic) bond motifs is 1. The number of hydrogen-bond acceptors (Lipinski definition) is 6. The number of nitro groups is 1. The van der Waals surface area contributed by atoms with Crippen LogP contribution in [0.1, 0.15) is 11.1 Å². The largest absolute Gasteiger partial charge is 0.319 e. The van der Waals surface area contributed by atoms with Crippen molar-refractivity contribution in [3.8, 4) is 0 Å². The minimum Gasteiger partial charge on any atom is -0.319 e. The lowest BCUT2D eigenvalue weighted by atomic mass is 10.1. The van der Waals surface area contributed by atoms with Crippen molar-refractivity contribution < 1.29 is 9.72 Å². The molecule has 0 bridgehead atoms. The maximum atomic E-state index is 12.5. The lowest BCUT2D eigenvalue weighted by molar-refractivity contribution is -0.384. The van der Waals surface area contributed by atoms with Gasteiger partial charge in [0.1, 0.15) is 5.69 Å². The number of hydrogen-bond donors (Lipinski definition) is 1. The Balaban J connectivity index is 1.31. The molecule has 1 aromatic heterocycles. The van der Waals surface area contributed by atoms with Crippen LogP contribution in [0.5, 0.6) is 0 Å². The summed E-state index contributed by atoms with van der Waals surface area (Å²) in [6, 6.07) is 13.3. The zero-order valence-electron chi connectivity index (χ0n) is 16.8. The van der Waals surface area contributed by atoms with E-state index in [1.807, 2.05) is 0 Å². The van der Waals surface area contributed by atoms with Crippen molar-refractivity contribution in [1.29, 1.82) is 0 Å². The summed E-state index contributed by atoms with van der Waals surface area (Å²) in [6.45, 7) is 6.29. The number of amides is 1. The lowest BCUT2D eigenvalue weighted by Crippen LogP contribution is -2.48. The van der Waals surface area contributed by atoms with Crippen LogP contribution in [0.2, 0.25) is 0 Å². The molecule has 0 aliphatic carbocycles. The van der Waals surface area contributed by atoms with Crippen molar-refractivity contribution in [3.63, 3.8) is 0 Å². The number of carbonyl (C=O) groups is 1. The Kier molecular flexibility index (Phi) is 6.08. The van der Waals surface area contributed by atoms with E-state index in [2.05, 4.69) is 44.8 Å². The van der Waals surface area contributed by atoms with E-state index in [0.717, 1.165) is 32.7 Å². The van der Waals surface area contributed by atoms with Crippen molar-refractivity contribution in [1.82, 2.24) is 9.80 Å². The van der Waals surface area contributed by atoms with Gasteiger partial charge in [0.2, 0.25) is 5.91 Å². The molecule has 2 heterocycles. The van der Waals surface area contributed by atoms with Crippen molar-refractivity contribution in [2.24, 2.45) is 0 Å². The molecular formula is C22H24N4O3S. The SMILES string of the molecule is Cc1cccc([N+](=O)[O-])c1NC(=O)CN1CCN(Cc2csc3ccccc23)CC1. The molecule has 1 aliphatic rings. The smallest absolute Gasteiger partial charge is 0.293 e. The predicted octanol–water partition coefficient (Wildman–Crippen LogP) is 3.87. The lowest BCUT2D eigenvalue weighted by Gasteiger charge is -2.34. The average molecular weight is 425 g/mol. The Morgan fingerprint density at radius 3 is 2.60 bits per heavy atom. The topological polar surface area (TPSA) is 78.7 Å². The normalized spacial score (nSPS) is 15.4. The van der Waals surface area contributed by atoms with Crippen LogP contribution in [0.4, 0.5) is 11.4 Å². The van der Waals surface area contributed by atoms with Gasteiger partial charge in [-0.2, -0.15) is 0 Å². The molecule has 1 aliphatic heterocycles. The molecule has 1 fully saturated rings. The van der Waals surface area contributed by atoms with Crippen molar-refractivity contribution in [2.75, 3.05) is 38.0 Å². The number of para-hydroxylation sites is 1. The third-order valence-electron chi connectivity index (χ3n) is 5.50. The second kappa shape index (κ2) is 8.91. The summed E-state index contributed by atoms with van der Waals surface area (Å²) in [5.41, 5.74) is 2.26. The van der Waals surface area contributed by atoms with Crippen molar-refractivity contribution in [3.05, 3.63) is 69.1 Å². The Bertz CT molecular complexity index is 1070. The molecule has 1 amide bonds. The highest BCUT2D eigenvalue weighted by Crippen LogP contribution is 2.28. The second-order valence-corrected chi connectivity index (χ2v) is 8.49. The fourth-order valence-electron chi connectivity index (χ4n) is 3.85. The summed E-state index contributed by atoms with van der Waals surface area (Å²) in [4.78, 5) is 27.8. The first-order chi connectivity index (χ1) is 14.5. The monoisotopic (exact) mass is 424 g/mol. The number of nitro benzene ring substituents is 1. The van der Waals surface area contributed by atoms with Crippen molar-refractivity contribution in [2.45, 2.75) is 13.5 Å². The van der Waals surface area contributed by atoms with E-state index >= 15 is 0 Å². The first-order valence-corrected chi connectivity index (χ1v) is 10.8. The van der Waals surface area contributed by atoms with Gasteiger partial charge in [0.15, 0.2) is 0 Å². The second-order valence-electron chi connectivity index (χ2n) is 7.58. The Hall–Kier alpha value is -2.81. The third kappa shape index (κ3) is 4.51. The molecule has 30 heavy (non-hydrogen) atoms. The minimum absolute atomic E-state index is 0.0730. The molecular weight excluding hydrogens is 400 g/mol. The molecule has 8 heteroatoms. The van der Waals surface area contributed by atoms with Gasteiger partial charge in [-0.1, -0.05) is 30.3 Å². The molecule has 156 valence electrons. The summed E-state index contributed by atoms with van der Waals surface area (Å²) in [5.74, 6) is -0.218. The molecule has 0 saturated carbocycles. The third-order valence-corrected chi connectivity index (χ3v) is 6.51. The quantitative estimate of drug-likeness (QED) is 0.480. The molecule has 1 N–H and O–H groups in total. The number of aryl methyl sites for hydroxylation is 1. The van der Waals surface area contributed by atoms with Crippen LogP contribution in [0.3, 0.4) is 0 Å². The van der Waals surface area contributed by atoms with Gasteiger partial charge in [-0.05, 0) is 34.9 Å². The number of anilines is 1. The Morgan fingerprint density at radius 2 is 1.83 bits per heavy atom. The zero-order chi connectivity index (χ0) is 21.1. The van der Waals surface area contributed by atoms with Crippen LogP contribution < -0.4 is 5.32 Å². The number of nitrogens with zero attached hydrogens (tertiary/aromatic N) is 3. The molecule has 0 atom stereocenters. The highest BCUT2D eigenvalue weighted by atomic mass is 32.1. The first kappa shape index (κ1) is 20.5. The number of benzene rings is 2. The number of nitrogens with one attached hydrogen (secondary N) is 1. The van der Waals surface area contributed by atoms with Gasteiger partial charge in [-0.15, -0.1) is 11.3 Å². The van der Waals surface area contributed by atoms with Crippen LogP contribution in [0.25, 0.3) is 10.1 Å². The van der Waals surface area contributed by atoms with Gasteiger partial charge < -0.3 is 5.32 Å². The number of piperazine rings is 1. The van der Waals surface area contributed by atoms with Crippen LogP contribution in [-0.4, -0.2) is 53.4 Å². The van der Waals surface area contributed by atoms with Gasteiger partial charge in [0.05, 0.1) is 11.5 Å². The molecule has 3 aromatic rings. The van der Waals surface area contributed by atoms with E-state index in [1.165, 1.54) is 21.7 Å². The molecule has 4 rings (SSSR count). The predicted molar refractivity (Wildman–Crippen MR) is 120 cm³/mol. The molecule has 1 saturated heterocycles. The molecule has 0 radical (unpaired) electrons. The van der Waals surface area contributed by atoms with E-state index in [0.29, 0.717) is 5.56 Å². The molecule has 7 nitrogen and oxygen atoms in total. The maximum absolute atomic E-state index is 12.5. The van der Waals surface area contributed by atoms with E-state index in [1.54, 1.807) is 30.4 Å². The Labute approximate surface area is 179 Å². The first-order valence-electron chi connectivity index (χ1n) is 9.95. The average Bonchev–Trinajstić information content (AvgIpc) is 3.14. The fourth-order valence-corrected chi connectivity index (χ4v) is 4.80. The molecule has 2 aromatic carbocycles. The summed E-state index contributed by atoms with van der Waals surface area (Å²) in [6.07, 6.45) is 0. The highest BCUT2D eigenvalue weighted by Gasteiger charge is 2.22. The van der Waals surface area contributed by atoms with Gasteiger partial charge in [0, 0.05) is 43.5 Å². The molecule has 0 unspecified atom stereocenters. The molecule has 0 spiro atoms. The summed E-state index contributed by atoms with van der Waals surface area (Å²) in [7, 11) is 0. The van der Waals surface area contributed by atoms with Gasteiger partial charge in [0.25, 0.3) is 5.69 Å². The van der Waals surface area contributed by atoms with Crippen LogP contribution in [0, 0.1) is 17.0 Å². The summed E-state index contributed by atoms with van der Waals surface area (Å²) >= 11 is 1.78. The van der Waals surface area contributed by atoms with Gasteiger partial charge >= 0.3 is 0 Å². The standard InChI is InChI=1S/C22H24N4O3S/c1-16-5-4-7-19(26(28)29)22(16)23-21(27)14-25-11-9-24(10-12-25)13-17-15-30-20-8-3-2-6-18(17)20/h2-8,15H,9-14H2,1H3,(H,23,27). The summed E-state index contributed by atoms with van der Waals surface area (Å²) in [5, 5.41) is 17.5. The van der Waals surface area contributed by atoms with Gasteiger partial charge in [-0.3, -0.25) is 24.7 Å². The maximum Gasteiger partial charge on any atom is 0.293 e. The minimum atomic E-state index is -0.463. The van der Waals surface area contributed by atoms with Crippen LogP contribution >= 0.6 is 11.3 Å². The van der Waals surface area contributed by atoms with E-state index in [-0.39, 0.29) is 23.8 Å². The zero-order valence-corrected chi connectivity index (χ0v) is 17.7. The fraction of sp³-hybridized carbons (Fsp3) is 0.318. The van der Waals surface area contributed by atoms with E-state index in [4.69, 9.17) is 0 Å². The van der Waals surface area contributed by atoms with E-state index in [9.17, 15) is 14.9 Å². The van der Waals surface area contributed by atoms with E-state index < -0.39 is 4.92 Å². The van der Waals surface area contributed by atoms with Crippen LogP contribution in [-0.2, 0) is 11.3 Å². The number of thiophene rings is 1. The summed E-state index contributed by atoms with van der Waals surface area (Å²) < 4.78 is 1.31. The van der Waals surface area contributed by atoms with Crippen molar-refractivity contribution >= 4 is 38.7 Å². The number of rotatable bonds is 6. The highest BCUT2D eigenvalue weighted by molar-refractivity contribution is 7.17. The van der Waals surface area contributed by atoms with Crippen LogP contribution in [0.15, 0.2) is 47.8 Å². The number of carbonyl (C=O) groups excluding carboxylic acids is 1. The Morgan fingerprint density at radius 1 is 1.10 bits per heavy atom. The van der Waals surface area contributed by atoms with Gasteiger partial charge in [-0.25, -0.2) is 0 Å².